The minimum Gasteiger partial charge on any atom is -0.392 e. The number of pyridine rings is 1. The Kier molecular flexibility index (Phi) is 4.04. The molecular formula is C12H11ClN2O3S. The van der Waals surface area contributed by atoms with Gasteiger partial charge in [0, 0.05) is 6.20 Å². The number of hydrogen-bond acceptors (Lipinski definition) is 4. The Morgan fingerprint density at radius 3 is 2.47 bits per heavy atom. The molecule has 0 fully saturated rings. The molecule has 0 saturated heterocycles. The van der Waals surface area contributed by atoms with Crippen LogP contribution in [0.15, 0.2) is 47.5 Å². The number of nitrogens with one attached hydrogen (secondary N) is 1. The van der Waals surface area contributed by atoms with Gasteiger partial charge in [-0.25, -0.2) is 13.4 Å². The van der Waals surface area contributed by atoms with Crippen LogP contribution in [0.2, 0.25) is 5.02 Å². The molecule has 0 unspecified atom stereocenters. The van der Waals surface area contributed by atoms with Gasteiger partial charge < -0.3 is 5.11 Å². The molecule has 1 aromatic heterocycles. The maximum absolute atomic E-state index is 12.1. The highest BCUT2D eigenvalue weighted by molar-refractivity contribution is 7.92. The van der Waals surface area contributed by atoms with Gasteiger partial charge in [-0.2, -0.15) is 0 Å². The normalized spacial score (nSPS) is 11.3. The monoisotopic (exact) mass is 298 g/mol. The quantitative estimate of drug-likeness (QED) is 0.905. The highest BCUT2D eigenvalue weighted by Crippen LogP contribution is 2.21. The van der Waals surface area contributed by atoms with Crippen LogP contribution in [0.3, 0.4) is 0 Å². The summed E-state index contributed by atoms with van der Waals surface area (Å²) in [6, 6.07) is 9.04. The molecule has 100 valence electrons. The van der Waals surface area contributed by atoms with E-state index in [1.165, 1.54) is 30.5 Å². The summed E-state index contributed by atoms with van der Waals surface area (Å²) in [4.78, 5) is 3.94. The van der Waals surface area contributed by atoms with Crippen LogP contribution in [0, 0.1) is 0 Å². The fraction of sp³-hybridized carbons (Fsp3) is 0.0833. The van der Waals surface area contributed by atoms with E-state index in [1.807, 2.05) is 0 Å². The van der Waals surface area contributed by atoms with Crippen LogP contribution >= 0.6 is 11.6 Å². The second-order valence-electron chi connectivity index (χ2n) is 3.74. The molecule has 0 aliphatic carbocycles. The number of sulfonamides is 1. The minimum atomic E-state index is -3.74. The summed E-state index contributed by atoms with van der Waals surface area (Å²) < 4.78 is 26.5. The Hall–Kier alpha value is -1.63. The van der Waals surface area contributed by atoms with Crippen molar-refractivity contribution in [1.29, 1.82) is 0 Å². The second-order valence-corrected chi connectivity index (χ2v) is 5.83. The van der Waals surface area contributed by atoms with Crippen molar-refractivity contribution in [3.8, 4) is 0 Å². The van der Waals surface area contributed by atoms with Crippen molar-refractivity contribution in [2.24, 2.45) is 0 Å². The molecule has 1 aromatic carbocycles. The van der Waals surface area contributed by atoms with Gasteiger partial charge in [0.2, 0.25) is 0 Å². The average Bonchev–Trinajstić information content (AvgIpc) is 2.41. The van der Waals surface area contributed by atoms with Gasteiger partial charge in [0.25, 0.3) is 10.0 Å². The number of aliphatic hydroxyl groups excluding tert-OH is 1. The number of aliphatic hydroxyl groups is 1. The molecule has 2 N–H and O–H groups in total. The fourth-order valence-electron chi connectivity index (χ4n) is 1.42. The molecule has 0 bridgehead atoms. The first kappa shape index (κ1) is 13.8. The van der Waals surface area contributed by atoms with Crippen LogP contribution < -0.4 is 4.72 Å². The van der Waals surface area contributed by atoms with Gasteiger partial charge in [-0.3, -0.25) is 4.72 Å². The standard InChI is InChI=1S/C12H11ClN2O3S/c13-11-2-1-7-14-12(11)15-19(17,18)10-5-3-9(8-16)4-6-10/h1-7,16H,8H2,(H,14,15). The van der Waals surface area contributed by atoms with Crippen molar-refractivity contribution in [2.45, 2.75) is 11.5 Å². The number of halogens is 1. The van der Waals surface area contributed by atoms with E-state index in [1.54, 1.807) is 12.1 Å². The molecule has 0 amide bonds. The lowest BCUT2D eigenvalue weighted by atomic mass is 10.2. The number of aromatic nitrogens is 1. The average molecular weight is 299 g/mol. The van der Waals surface area contributed by atoms with E-state index in [9.17, 15) is 8.42 Å². The Balaban J connectivity index is 2.30. The van der Waals surface area contributed by atoms with E-state index in [4.69, 9.17) is 16.7 Å². The summed E-state index contributed by atoms with van der Waals surface area (Å²) in [5.74, 6) is 0.0791. The van der Waals surface area contributed by atoms with E-state index >= 15 is 0 Å². The summed E-state index contributed by atoms with van der Waals surface area (Å²) >= 11 is 5.84. The van der Waals surface area contributed by atoms with Crippen LogP contribution in [0.1, 0.15) is 5.56 Å². The smallest absolute Gasteiger partial charge is 0.263 e. The van der Waals surface area contributed by atoms with E-state index < -0.39 is 10.0 Å². The van der Waals surface area contributed by atoms with Crippen molar-refractivity contribution in [3.63, 3.8) is 0 Å². The highest BCUT2D eigenvalue weighted by Gasteiger charge is 2.16. The molecule has 1 heterocycles. The first-order valence-electron chi connectivity index (χ1n) is 5.36. The van der Waals surface area contributed by atoms with Crippen LogP contribution in [-0.4, -0.2) is 18.5 Å². The van der Waals surface area contributed by atoms with Gasteiger partial charge in [0.15, 0.2) is 5.82 Å². The zero-order chi connectivity index (χ0) is 13.9. The maximum Gasteiger partial charge on any atom is 0.263 e. The number of benzene rings is 1. The van der Waals surface area contributed by atoms with E-state index in [2.05, 4.69) is 9.71 Å². The molecule has 7 heteroatoms. The summed E-state index contributed by atoms with van der Waals surface area (Å²) in [6.07, 6.45) is 1.44. The molecule has 0 saturated carbocycles. The molecule has 2 rings (SSSR count). The molecule has 19 heavy (non-hydrogen) atoms. The van der Waals surface area contributed by atoms with Crippen LogP contribution in [-0.2, 0) is 16.6 Å². The van der Waals surface area contributed by atoms with Crippen molar-refractivity contribution in [2.75, 3.05) is 4.72 Å². The topological polar surface area (TPSA) is 79.3 Å². The summed E-state index contributed by atoms with van der Waals surface area (Å²) in [5.41, 5.74) is 0.634. The van der Waals surface area contributed by atoms with Crippen LogP contribution in [0.4, 0.5) is 5.82 Å². The second kappa shape index (κ2) is 5.56. The fourth-order valence-corrected chi connectivity index (χ4v) is 2.68. The summed E-state index contributed by atoms with van der Waals surface area (Å²) in [6.45, 7) is -0.139. The highest BCUT2D eigenvalue weighted by atomic mass is 35.5. The van der Waals surface area contributed by atoms with Crippen molar-refractivity contribution < 1.29 is 13.5 Å². The van der Waals surface area contributed by atoms with Gasteiger partial charge in [-0.1, -0.05) is 23.7 Å². The zero-order valence-electron chi connectivity index (χ0n) is 9.75. The Labute approximate surface area is 115 Å². The van der Waals surface area contributed by atoms with Crippen LogP contribution in [0.5, 0.6) is 0 Å². The number of nitrogens with zero attached hydrogens (tertiary/aromatic N) is 1. The minimum absolute atomic E-state index is 0.0754. The third-order valence-corrected chi connectivity index (χ3v) is 4.07. The van der Waals surface area contributed by atoms with Crippen molar-refractivity contribution in [3.05, 3.63) is 53.2 Å². The molecule has 0 aliphatic heterocycles. The Bertz CT molecular complexity index is 672. The van der Waals surface area contributed by atoms with Gasteiger partial charge >= 0.3 is 0 Å². The molecular weight excluding hydrogens is 288 g/mol. The third kappa shape index (κ3) is 3.23. The predicted molar refractivity (Wildman–Crippen MR) is 72.4 cm³/mol. The molecule has 5 nitrogen and oxygen atoms in total. The molecule has 0 spiro atoms. The zero-order valence-corrected chi connectivity index (χ0v) is 11.3. The van der Waals surface area contributed by atoms with E-state index in [0.29, 0.717) is 5.56 Å². The summed E-state index contributed by atoms with van der Waals surface area (Å²) in [5, 5.41) is 9.13. The van der Waals surface area contributed by atoms with Gasteiger partial charge in [-0.15, -0.1) is 0 Å². The van der Waals surface area contributed by atoms with E-state index in [-0.39, 0.29) is 22.3 Å². The lowest BCUT2D eigenvalue weighted by molar-refractivity contribution is 0.282. The Morgan fingerprint density at radius 1 is 1.21 bits per heavy atom. The molecule has 0 atom stereocenters. The number of rotatable bonds is 4. The van der Waals surface area contributed by atoms with Crippen LogP contribution in [0.25, 0.3) is 0 Å². The van der Waals surface area contributed by atoms with Crippen molar-refractivity contribution in [1.82, 2.24) is 4.98 Å². The summed E-state index contributed by atoms with van der Waals surface area (Å²) in [7, 11) is -3.74. The number of anilines is 1. The molecule has 0 radical (unpaired) electrons. The number of hydrogen-bond donors (Lipinski definition) is 2. The van der Waals surface area contributed by atoms with Gasteiger partial charge in [0.05, 0.1) is 16.5 Å². The SMILES string of the molecule is O=S(=O)(Nc1ncccc1Cl)c1ccc(CO)cc1. The third-order valence-electron chi connectivity index (χ3n) is 2.41. The molecule has 2 aromatic rings. The van der Waals surface area contributed by atoms with Gasteiger partial charge in [-0.05, 0) is 29.8 Å². The Morgan fingerprint density at radius 2 is 1.89 bits per heavy atom. The maximum atomic E-state index is 12.1. The lowest BCUT2D eigenvalue weighted by Crippen LogP contribution is -2.14. The van der Waals surface area contributed by atoms with E-state index in [0.717, 1.165) is 0 Å². The first-order chi connectivity index (χ1) is 9.03. The molecule has 0 aliphatic rings. The largest absolute Gasteiger partial charge is 0.392 e. The first-order valence-corrected chi connectivity index (χ1v) is 7.22. The van der Waals surface area contributed by atoms with Gasteiger partial charge in [0.1, 0.15) is 0 Å². The predicted octanol–water partition coefficient (Wildman–Crippen LogP) is 2.03. The van der Waals surface area contributed by atoms with Crippen molar-refractivity contribution >= 4 is 27.4 Å². The lowest BCUT2D eigenvalue weighted by Gasteiger charge is -2.08.